The quantitative estimate of drug-likeness (QED) is 0.827. The Morgan fingerprint density at radius 3 is 2.45 bits per heavy atom. The number of carbonyl (C=O) groups excluding carboxylic acids is 1. The molecule has 0 saturated heterocycles. The van der Waals surface area contributed by atoms with Crippen LogP contribution in [-0.2, 0) is 10.5 Å². The van der Waals surface area contributed by atoms with Gasteiger partial charge in [-0.25, -0.2) is 4.39 Å². The van der Waals surface area contributed by atoms with Crippen LogP contribution >= 0.6 is 11.8 Å². The first-order valence-electron chi connectivity index (χ1n) is 7.27. The summed E-state index contributed by atoms with van der Waals surface area (Å²) in [4.78, 5) is 11.9. The summed E-state index contributed by atoms with van der Waals surface area (Å²) in [6, 6.07) is 14.5. The van der Waals surface area contributed by atoms with Crippen LogP contribution in [0.5, 0.6) is 0 Å². The van der Waals surface area contributed by atoms with Gasteiger partial charge in [0.05, 0.1) is 5.75 Å². The average molecular weight is 317 g/mol. The fourth-order valence-electron chi connectivity index (χ4n) is 2.02. The van der Waals surface area contributed by atoms with Crippen LogP contribution in [0.3, 0.4) is 0 Å². The number of amides is 1. The third kappa shape index (κ3) is 4.88. The lowest BCUT2D eigenvalue weighted by atomic mass is 10.0. The molecule has 0 atom stereocenters. The maximum absolute atomic E-state index is 13.5. The molecule has 0 fully saturated rings. The highest BCUT2D eigenvalue weighted by atomic mass is 32.2. The molecule has 2 nitrogen and oxygen atoms in total. The van der Waals surface area contributed by atoms with Crippen molar-refractivity contribution in [2.45, 2.75) is 25.5 Å². The van der Waals surface area contributed by atoms with E-state index in [2.05, 4.69) is 19.2 Å². The average Bonchev–Trinajstić information content (AvgIpc) is 2.50. The van der Waals surface area contributed by atoms with Crippen molar-refractivity contribution in [1.82, 2.24) is 0 Å². The summed E-state index contributed by atoms with van der Waals surface area (Å²) in [6.07, 6.45) is 0. The van der Waals surface area contributed by atoms with E-state index in [9.17, 15) is 9.18 Å². The molecule has 0 saturated carbocycles. The topological polar surface area (TPSA) is 29.1 Å². The molecule has 1 N–H and O–H groups in total. The van der Waals surface area contributed by atoms with Crippen LogP contribution in [0.4, 0.5) is 10.1 Å². The Kier molecular flexibility index (Phi) is 6.01. The normalized spacial score (nSPS) is 10.7. The van der Waals surface area contributed by atoms with E-state index in [4.69, 9.17) is 0 Å². The van der Waals surface area contributed by atoms with Crippen molar-refractivity contribution in [3.05, 3.63) is 65.5 Å². The molecule has 116 valence electrons. The van der Waals surface area contributed by atoms with E-state index in [1.54, 1.807) is 18.2 Å². The summed E-state index contributed by atoms with van der Waals surface area (Å²) < 4.78 is 13.5. The summed E-state index contributed by atoms with van der Waals surface area (Å²) in [6.45, 7) is 4.26. The van der Waals surface area contributed by atoms with E-state index in [1.807, 2.05) is 24.3 Å². The Morgan fingerprint density at radius 1 is 1.14 bits per heavy atom. The summed E-state index contributed by atoms with van der Waals surface area (Å²) in [7, 11) is 0. The maximum Gasteiger partial charge on any atom is 0.234 e. The summed E-state index contributed by atoms with van der Waals surface area (Å²) >= 11 is 1.40. The Hall–Kier alpha value is -1.81. The lowest BCUT2D eigenvalue weighted by molar-refractivity contribution is -0.113. The van der Waals surface area contributed by atoms with Gasteiger partial charge in [-0.1, -0.05) is 44.2 Å². The molecule has 0 aromatic heterocycles. The minimum Gasteiger partial charge on any atom is -0.325 e. The number of hydrogen-bond acceptors (Lipinski definition) is 2. The van der Waals surface area contributed by atoms with Crippen molar-refractivity contribution in [2.24, 2.45) is 0 Å². The molecule has 2 rings (SSSR count). The van der Waals surface area contributed by atoms with Gasteiger partial charge in [-0.3, -0.25) is 4.79 Å². The fraction of sp³-hybridized carbons (Fsp3) is 0.278. The Morgan fingerprint density at radius 2 is 1.82 bits per heavy atom. The van der Waals surface area contributed by atoms with E-state index < -0.39 is 0 Å². The second-order valence-electron chi connectivity index (χ2n) is 5.41. The largest absolute Gasteiger partial charge is 0.325 e. The van der Waals surface area contributed by atoms with Crippen LogP contribution in [0.2, 0.25) is 0 Å². The fourth-order valence-corrected chi connectivity index (χ4v) is 2.83. The molecule has 2 aromatic carbocycles. The highest BCUT2D eigenvalue weighted by Crippen LogP contribution is 2.18. The van der Waals surface area contributed by atoms with Crippen LogP contribution in [0.1, 0.15) is 30.9 Å². The van der Waals surface area contributed by atoms with Gasteiger partial charge in [0.25, 0.3) is 0 Å². The number of anilines is 1. The molecular formula is C18H20FNOS. The van der Waals surface area contributed by atoms with Crippen molar-refractivity contribution >= 4 is 23.4 Å². The lowest BCUT2D eigenvalue weighted by Gasteiger charge is -2.08. The Labute approximate surface area is 135 Å². The number of benzene rings is 2. The number of nitrogens with one attached hydrogen (secondary N) is 1. The van der Waals surface area contributed by atoms with Crippen LogP contribution < -0.4 is 5.32 Å². The summed E-state index contributed by atoms with van der Waals surface area (Å²) in [5.41, 5.74) is 2.66. The smallest absolute Gasteiger partial charge is 0.234 e. The molecule has 1 amide bonds. The van der Waals surface area contributed by atoms with Crippen LogP contribution in [0.25, 0.3) is 0 Å². The van der Waals surface area contributed by atoms with E-state index in [-0.39, 0.29) is 11.7 Å². The Bertz CT molecular complexity index is 625. The maximum atomic E-state index is 13.5. The van der Waals surface area contributed by atoms with E-state index >= 15 is 0 Å². The molecule has 0 spiro atoms. The third-order valence-corrected chi connectivity index (χ3v) is 4.29. The van der Waals surface area contributed by atoms with Gasteiger partial charge in [-0.05, 0) is 35.2 Å². The molecule has 0 heterocycles. The predicted octanol–water partition coefficient (Wildman–Crippen LogP) is 4.82. The SMILES string of the molecule is CC(C)c1ccc(NC(=O)CSCc2ccccc2F)cc1. The first-order valence-corrected chi connectivity index (χ1v) is 8.42. The van der Waals surface area contributed by atoms with Gasteiger partial charge >= 0.3 is 0 Å². The van der Waals surface area contributed by atoms with Crippen LogP contribution in [-0.4, -0.2) is 11.7 Å². The van der Waals surface area contributed by atoms with Crippen LogP contribution in [0.15, 0.2) is 48.5 Å². The van der Waals surface area contributed by atoms with Gasteiger partial charge in [-0.2, -0.15) is 0 Å². The van der Waals surface area contributed by atoms with Crippen molar-refractivity contribution in [2.75, 3.05) is 11.1 Å². The summed E-state index contributed by atoms with van der Waals surface area (Å²) in [5.74, 6) is 0.978. The van der Waals surface area contributed by atoms with Gasteiger partial charge in [0.15, 0.2) is 0 Å². The molecule has 0 aliphatic rings. The Balaban J connectivity index is 1.79. The monoisotopic (exact) mass is 317 g/mol. The molecule has 22 heavy (non-hydrogen) atoms. The number of hydrogen-bond donors (Lipinski definition) is 1. The van der Waals surface area contributed by atoms with Gasteiger partial charge in [0, 0.05) is 11.4 Å². The first kappa shape index (κ1) is 16.6. The zero-order chi connectivity index (χ0) is 15.9. The van der Waals surface area contributed by atoms with Gasteiger partial charge in [0.1, 0.15) is 5.82 Å². The molecular weight excluding hydrogens is 297 g/mol. The molecule has 0 aliphatic carbocycles. The van der Waals surface area contributed by atoms with Gasteiger partial charge in [0.2, 0.25) is 5.91 Å². The molecule has 0 bridgehead atoms. The zero-order valence-electron chi connectivity index (χ0n) is 12.8. The summed E-state index contributed by atoms with van der Waals surface area (Å²) in [5, 5.41) is 2.86. The van der Waals surface area contributed by atoms with Crippen molar-refractivity contribution in [3.63, 3.8) is 0 Å². The van der Waals surface area contributed by atoms with Crippen LogP contribution in [0, 0.1) is 5.82 Å². The van der Waals surface area contributed by atoms with Crippen molar-refractivity contribution in [3.8, 4) is 0 Å². The molecule has 0 unspecified atom stereocenters. The number of thioether (sulfide) groups is 1. The molecule has 0 aliphatic heterocycles. The second kappa shape index (κ2) is 7.99. The van der Waals surface area contributed by atoms with Crippen molar-refractivity contribution in [1.29, 1.82) is 0 Å². The molecule has 0 radical (unpaired) electrons. The third-order valence-electron chi connectivity index (χ3n) is 3.31. The van der Waals surface area contributed by atoms with E-state index in [0.717, 1.165) is 5.69 Å². The lowest BCUT2D eigenvalue weighted by Crippen LogP contribution is -2.14. The second-order valence-corrected chi connectivity index (χ2v) is 6.39. The standard InChI is InChI=1S/C18H20FNOS/c1-13(2)14-7-9-16(10-8-14)20-18(21)12-22-11-15-5-3-4-6-17(15)19/h3-10,13H,11-12H2,1-2H3,(H,20,21). The minimum atomic E-state index is -0.223. The predicted molar refractivity (Wildman–Crippen MR) is 91.7 cm³/mol. The van der Waals surface area contributed by atoms with Gasteiger partial charge in [-0.15, -0.1) is 11.8 Å². The minimum absolute atomic E-state index is 0.0707. The highest BCUT2D eigenvalue weighted by Gasteiger charge is 2.06. The van der Waals surface area contributed by atoms with E-state index in [1.165, 1.54) is 23.4 Å². The number of halogens is 1. The molecule has 2 aromatic rings. The highest BCUT2D eigenvalue weighted by molar-refractivity contribution is 7.99. The van der Waals surface area contributed by atoms with Crippen molar-refractivity contribution < 1.29 is 9.18 Å². The first-order chi connectivity index (χ1) is 10.6. The van der Waals surface area contributed by atoms with Gasteiger partial charge < -0.3 is 5.32 Å². The van der Waals surface area contributed by atoms with E-state index in [0.29, 0.717) is 23.0 Å². The number of carbonyl (C=O) groups is 1. The number of rotatable bonds is 6. The molecule has 4 heteroatoms. The zero-order valence-corrected chi connectivity index (χ0v) is 13.6.